The van der Waals surface area contributed by atoms with Crippen LogP contribution in [0.4, 0.5) is 0 Å². The van der Waals surface area contributed by atoms with Gasteiger partial charge in [-0.15, -0.1) is 0 Å². The van der Waals surface area contributed by atoms with Crippen LogP contribution in [0.3, 0.4) is 0 Å². The van der Waals surface area contributed by atoms with E-state index in [0.717, 1.165) is 32.7 Å². The van der Waals surface area contributed by atoms with Gasteiger partial charge in [-0.25, -0.2) is 0 Å². The molecule has 0 radical (unpaired) electrons. The van der Waals surface area contributed by atoms with Crippen LogP contribution < -0.4 is 5.32 Å². The molecule has 1 atom stereocenters. The number of fused-ring (bicyclic) bond motifs is 1. The number of nitrogens with zero attached hydrogens (tertiary/aromatic N) is 1. The van der Waals surface area contributed by atoms with Gasteiger partial charge in [0.25, 0.3) is 0 Å². The highest BCUT2D eigenvalue weighted by molar-refractivity contribution is 5.80. The van der Waals surface area contributed by atoms with Crippen LogP contribution in [0.15, 0.2) is 30.5 Å². The van der Waals surface area contributed by atoms with Crippen molar-refractivity contribution in [3.05, 3.63) is 36.0 Å². The van der Waals surface area contributed by atoms with Gasteiger partial charge in [0.05, 0.1) is 13.2 Å². The van der Waals surface area contributed by atoms with Gasteiger partial charge >= 0.3 is 0 Å². The summed E-state index contributed by atoms with van der Waals surface area (Å²) in [7, 11) is 2.09. The van der Waals surface area contributed by atoms with E-state index in [-0.39, 0.29) is 0 Å². The molecule has 0 saturated carbocycles. The number of aromatic nitrogens is 1. The quantitative estimate of drug-likeness (QED) is 0.874. The minimum absolute atomic E-state index is 0.591. The predicted molar refractivity (Wildman–Crippen MR) is 73.8 cm³/mol. The number of ether oxygens (including phenoxy) is 1. The van der Waals surface area contributed by atoms with E-state index in [1.54, 1.807) is 0 Å². The van der Waals surface area contributed by atoms with Crippen LogP contribution in [0, 0.1) is 5.92 Å². The zero-order valence-corrected chi connectivity index (χ0v) is 10.9. The number of aryl methyl sites for hydroxylation is 1. The number of benzene rings is 1. The summed E-state index contributed by atoms with van der Waals surface area (Å²) in [6.45, 7) is 3.76. The third-order valence-corrected chi connectivity index (χ3v) is 3.68. The molecule has 2 aromatic rings. The van der Waals surface area contributed by atoms with E-state index in [0.29, 0.717) is 5.92 Å². The minimum Gasteiger partial charge on any atom is -0.380 e. The van der Waals surface area contributed by atoms with E-state index in [2.05, 4.69) is 47.4 Å². The molecule has 18 heavy (non-hydrogen) atoms. The van der Waals surface area contributed by atoms with Crippen LogP contribution in [-0.4, -0.2) is 30.9 Å². The first kappa shape index (κ1) is 11.8. The van der Waals surface area contributed by atoms with Gasteiger partial charge < -0.3 is 14.6 Å². The lowest BCUT2D eigenvalue weighted by Crippen LogP contribution is -2.24. The number of hydrogen-bond acceptors (Lipinski definition) is 2. The second-order valence-electron chi connectivity index (χ2n) is 5.17. The molecule has 0 amide bonds. The molecule has 1 fully saturated rings. The maximum atomic E-state index is 5.60. The topological polar surface area (TPSA) is 26.2 Å². The van der Waals surface area contributed by atoms with E-state index < -0.39 is 0 Å². The number of rotatable bonds is 2. The second kappa shape index (κ2) is 5.12. The van der Waals surface area contributed by atoms with Crippen molar-refractivity contribution in [1.29, 1.82) is 0 Å². The Hall–Kier alpha value is -1.32. The molecular formula is C15H20N2O. The van der Waals surface area contributed by atoms with E-state index in [9.17, 15) is 0 Å². The molecule has 2 heterocycles. The maximum absolute atomic E-state index is 5.60. The zero-order valence-electron chi connectivity index (χ0n) is 10.9. The fraction of sp³-hybridized carbons (Fsp3) is 0.467. The molecule has 1 saturated heterocycles. The molecule has 1 aromatic carbocycles. The van der Waals surface area contributed by atoms with E-state index in [1.165, 1.54) is 16.5 Å². The first-order valence-electron chi connectivity index (χ1n) is 6.65. The molecule has 3 heteroatoms. The summed E-state index contributed by atoms with van der Waals surface area (Å²) in [5, 5.41) is 4.76. The number of nitrogens with one attached hydrogen (secondary N) is 1. The van der Waals surface area contributed by atoms with Gasteiger partial charge in [-0.1, -0.05) is 6.07 Å². The van der Waals surface area contributed by atoms with Crippen molar-refractivity contribution >= 4 is 10.9 Å². The third-order valence-electron chi connectivity index (χ3n) is 3.68. The SMILES string of the molecule is Cn1ccc2cc(CC3CNCCOC3)ccc21. The normalized spacial score (nSPS) is 21.1. The largest absolute Gasteiger partial charge is 0.380 e. The summed E-state index contributed by atoms with van der Waals surface area (Å²) < 4.78 is 7.77. The molecule has 1 N–H and O–H groups in total. The standard InChI is InChI=1S/C15H20N2O/c1-17-6-4-14-9-12(2-3-15(14)17)8-13-10-16-5-7-18-11-13/h2-4,6,9,13,16H,5,7-8,10-11H2,1H3. The summed E-state index contributed by atoms with van der Waals surface area (Å²) in [5.74, 6) is 0.591. The first-order valence-corrected chi connectivity index (χ1v) is 6.65. The van der Waals surface area contributed by atoms with Crippen molar-refractivity contribution < 1.29 is 4.74 Å². The van der Waals surface area contributed by atoms with Gasteiger partial charge in [0.2, 0.25) is 0 Å². The van der Waals surface area contributed by atoms with Crippen LogP contribution in [0.2, 0.25) is 0 Å². The van der Waals surface area contributed by atoms with Crippen LogP contribution in [0.5, 0.6) is 0 Å². The molecule has 3 nitrogen and oxygen atoms in total. The van der Waals surface area contributed by atoms with Gasteiger partial charge in [-0.05, 0) is 41.5 Å². The molecule has 3 rings (SSSR count). The Bertz CT molecular complexity index is 524. The maximum Gasteiger partial charge on any atom is 0.0591 e. The highest BCUT2D eigenvalue weighted by Crippen LogP contribution is 2.19. The fourth-order valence-electron chi connectivity index (χ4n) is 2.68. The lowest BCUT2D eigenvalue weighted by atomic mass is 9.99. The van der Waals surface area contributed by atoms with E-state index in [4.69, 9.17) is 4.74 Å². The number of hydrogen-bond donors (Lipinski definition) is 1. The van der Waals surface area contributed by atoms with Gasteiger partial charge in [0.1, 0.15) is 0 Å². The lowest BCUT2D eigenvalue weighted by Gasteiger charge is -2.13. The van der Waals surface area contributed by atoms with Crippen molar-refractivity contribution in [2.45, 2.75) is 6.42 Å². The Morgan fingerprint density at radius 2 is 2.33 bits per heavy atom. The molecule has 96 valence electrons. The molecule has 0 aliphatic carbocycles. The molecular weight excluding hydrogens is 224 g/mol. The van der Waals surface area contributed by atoms with Crippen molar-refractivity contribution in [3.63, 3.8) is 0 Å². The van der Waals surface area contributed by atoms with Crippen molar-refractivity contribution in [2.75, 3.05) is 26.3 Å². The summed E-state index contributed by atoms with van der Waals surface area (Å²) >= 11 is 0. The average Bonchev–Trinajstić information content (AvgIpc) is 2.60. The summed E-state index contributed by atoms with van der Waals surface area (Å²) in [6, 6.07) is 8.95. The van der Waals surface area contributed by atoms with Crippen molar-refractivity contribution in [2.24, 2.45) is 13.0 Å². The lowest BCUT2D eigenvalue weighted by molar-refractivity contribution is 0.123. The highest BCUT2D eigenvalue weighted by Gasteiger charge is 2.13. The first-order chi connectivity index (χ1) is 8.83. The Morgan fingerprint density at radius 1 is 1.39 bits per heavy atom. The Kier molecular flexibility index (Phi) is 3.35. The molecule has 1 aromatic heterocycles. The van der Waals surface area contributed by atoms with Crippen molar-refractivity contribution in [1.82, 2.24) is 9.88 Å². The average molecular weight is 244 g/mol. The second-order valence-corrected chi connectivity index (χ2v) is 5.17. The summed E-state index contributed by atoms with van der Waals surface area (Å²) in [4.78, 5) is 0. The Balaban J connectivity index is 1.77. The molecule has 0 bridgehead atoms. The Labute approximate surface area is 108 Å². The Morgan fingerprint density at radius 3 is 3.28 bits per heavy atom. The molecule has 0 spiro atoms. The van der Waals surface area contributed by atoms with Crippen LogP contribution in [-0.2, 0) is 18.2 Å². The highest BCUT2D eigenvalue weighted by atomic mass is 16.5. The van der Waals surface area contributed by atoms with E-state index in [1.807, 2.05) is 0 Å². The van der Waals surface area contributed by atoms with Gasteiger partial charge in [0, 0.05) is 31.9 Å². The molecule has 1 aliphatic rings. The summed E-state index contributed by atoms with van der Waals surface area (Å²) in [5.41, 5.74) is 2.71. The van der Waals surface area contributed by atoms with Gasteiger partial charge in [-0.3, -0.25) is 0 Å². The summed E-state index contributed by atoms with van der Waals surface area (Å²) in [6.07, 6.45) is 3.21. The van der Waals surface area contributed by atoms with Crippen LogP contribution >= 0.6 is 0 Å². The minimum atomic E-state index is 0.591. The van der Waals surface area contributed by atoms with Crippen molar-refractivity contribution in [3.8, 4) is 0 Å². The van der Waals surface area contributed by atoms with Crippen LogP contribution in [0.1, 0.15) is 5.56 Å². The van der Waals surface area contributed by atoms with E-state index >= 15 is 0 Å². The fourth-order valence-corrected chi connectivity index (χ4v) is 2.68. The third kappa shape index (κ3) is 2.42. The zero-order chi connectivity index (χ0) is 12.4. The van der Waals surface area contributed by atoms with Gasteiger partial charge in [-0.2, -0.15) is 0 Å². The predicted octanol–water partition coefficient (Wildman–Crippen LogP) is 1.96. The molecule has 1 unspecified atom stereocenters. The van der Waals surface area contributed by atoms with Gasteiger partial charge in [0.15, 0.2) is 0 Å². The monoisotopic (exact) mass is 244 g/mol. The van der Waals surface area contributed by atoms with Crippen LogP contribution in [0.25, 0.3) is 10.9 Å². The smallest absolute Gasteiger partial charge is 0.0591 e. The molecule has 1 aliphatic heterocycles.